The molecule has 1 aromatic heterocycles. The van der Waals surface area contributed by atoms with Crippen LogP contribution in [-0.4, -0.2) is 49.3 Å². The first kappa shape index (κ1) is 14.3. The summed E-state index contributed by atoms with van der Waals surface area (Å²) in [4.78, 5) is 3.60. The number of aliphatic hydroxyl groups excluding tert-OH is 2. The van der Waals surface area contributed by atoms with Crippen molar-refractivity contribution in [3.63, 3.8) is 0 Å². The molecule has 2 rings (SSSR count). The van der Waals surface area contributed by atoms with E-state index in [-0.39, 0.29) is 10.6 Å². The summed E-state index contributed by atoms with van der Waals surface area (Å²) < 4.78 is 19.7. The highest BCUT2D eigenvalue weighted by atomic mass is 32.1. The van der Waals surface area contributed by atoms with E-state index in [0.717, 1.165) is 10.8 Å². The average Bonchev–Trinajstić information content (AvgIpc) is 2.56. The Hall–Kier alpha value is -1.13. The monoisotopic (exact) mass is 291 g/mol. The number of aliphatic hydroxyl groups is 3. The van der Waals surface area contributed by atoms with Gasteiger partial charge in [-0.25, -0.2) is 4.39 Å². The van der Waals surface area contributed by atoms with E-state index in [9.17, 15) is 14.6 Å². The number of halogens is 1. The van der Waals surface area contributed by atoms with E-state index >= 15 is 0 Å². The van der Waals surface area contributed by atoms with E-state index in [4.69, 9.17) is 27.8 Å². The molecule has 1 aliphatic rings. The van der Waals surface area contributed by atoms with Crippen LogP contribution in [0.1, 0.15) is 13.2 Å². The standard InChI is InChI=1S/C10H14FN3O4S/c1-10(17)6(16)5(3-15)18-8(10)14-2-4(11)7(12)13-9(14)19/h2,5-6,8,15-17H,3H2,1H3,(H2,12,13,19)/t5-,6?,8-,10-/m1/s1. The molecule has 7 nitrogen and oxygen atoms in total. The van der Waals surface area contributed by atoms with Crippen LogP contribution in [0, 0.1) is 10.6 Å². The molecule has 0 radical (unpaired) electrons. The number of hydrogen-bond acceptors (Lipinski definition) is 7. The number of anilines is 1. The van der Waals surface area contributed by atoms with E-state index < -0.39 is 36.5 Å². The van der Waals surface area contributed by atoms with Crippen molar-refractivity contribution < 1.29 is 24.4 Å². The van der Waals surface area contributed by atoms with Crippen LogP contribution in [0.25, 0.3) is 0 Å². The van der Waals surface area contributed by atoms with Crippen LogP contribution in [0.4, 0.5) is 10.2 Å². The molecule has 1 aromatic rings. The summed E-state index contributed by atoms with van der Waals surface area (Å²) in [6.07, 6.45) is -2.57. The Morgan fingerprint density at radius 3 is 2.84 bits per heavy atom. The molecule has 0 aliphatic carbocycles. The van der Waals surface area contributed by atoms with Crippen molar-refractivity contribution >= 4 is 18.0 Å². The summed E-state index contributed by atoms with van der Waals surface area (Å²) >= 11 is 4.92. The fourth-order valence-electron chi connectivity index (χ4n) is 2.02. The van der Waals surface area contributed by atoms with Crippen LogP contribution in [0.3, 0.4) is 0 Å². The molecule has 0 aromatic carbocycles. The van der Waals surface area contributed by atoms with Crippen molar-refractivity contribution in [3.8, 4) is 0 Å². The number of nitrogens with zero attached hydrogens (tertiary/aromatic N) is 2. The van der Waals surface area contributed by atoms with Gasteiger partial charge in [-0.2, -0.15) is 4.98 Å². The van der Waals surface area contributed by atoms with E-state index in [2.05, 4.69) is 4.98 Å². The Kier molecular flexibility index (Phi) is 3.58. The number of nitrogen functional groups attached to an aromatic ring is 1. The Balaban J connectivity index is 2.48. The van der Waals surface area contributed by atoms with Gasteiger partial charge in [0.15, 0.2) is 17.9 Å². The fraction of sp³-hybridized carbons (Fsp3) is 0.600. The van der Waals surface area contributed by atoms with Gasteiger partial charge in [-0.3, -0.25) is 4.57 Å². The lowest BCUT2D eigenvalue weighted by molar-refractivity contribution is -0.0981. The van der Waals surface area contributed by atoms with Gasteiger partial charge in [-0.1, -0.05) is 0 Å². The van der Waals surface area contributed by atoms with Crippen molar-refractivity contribution in [2.45, 2.75) is 31.0 Å². The Morgan fingerprint density at radius 2 is 2.32 bits per heavy atom. The lowest BCUT2D eigenvalue weighted by Crippen LogP contribution is -2.44. The number of aromatic nitrogens is 2. The molecule has 0 spiro atoms. The molecule has 4 atom stereocenters. The first-order valence-electron chi connectivity index (χ1n) is 5.50. The fourth-order valence-corrected chi connectivity index (χ4v) is 2.26. The van der Waals surface area contributed by atoms with Gasteiger partial charge in [0.1, 0.15) is 17.8 Å². The molecule has 0 amide bonds. The maximum absolute atomic E-state index is 13.4. The third kappa shape index (κ3) is 2.23. The van der Waals surface area contributed by atoms with Gasteiger partial charge in [-0.15, -0.1) is 0 Å². The molecule has 19 heavy (non-hydrogen) atoms. The summed E-state index contributed by atoms with van der Waals surface area (Å²) in [7, 11) is 0. The maximum atomic E-state index is 13.4. The third-order valence-corrected chi connectivity index (χ3v) is 3.42. The molecule has 9 heteroatoms. The molecule has 0 bridgehead atoms. The second-order valence-electron chi connectivity index (χ2n) is 4.54. The summed E-state index contributed by atoms with van der Waals surface area (Å²) in [6.45, 7) is 0.806. The SMILES string of the molecule is C[C@@]1(O)C(O)[C@@H](CO)O[C@H]1n1cc(F)c(N)nc1=S. The van der Waals surface area contributed by atoms with Crippen LogP contribution in [0.5, 0.6) is 0 Å². The average molecular weight is 291 g/mol. The second-order valence-corrected chi connectivity index (χ2v) is 4.91. The zero-order valence-corrected chi connectivity index (χ0v) is 10.8. The van der Waals surface area contributed by atoms with Gasteiger partial charge < -0.3 is 25.8 Å². The lowest BCUT2D eigenvalue weighted by atomic mass is 9.96. The largest absolute Gasteiger partial charge is 0.394 e. The first-order chi connectivity index (χ1) is 8.78. The maximum Gasteiger partial charge on any atom is 0.203 e. The van der Waals surface area contributed by atoms with E-state index in [0.29, 0.717) is 0 Å². The smallest absolute Gasteiger partial charge is 0.203 e. The van der Waals surface area contributed by atoms with Crippen molar-refractivity contribution in [1.29, 1.82) is 0 Å². The molecule has 1 saturated heterocycles. The zero-order valence-electron chi connectivity index (χ0n) is 10.0. The van der Waals surface area contributed by atoms with Crippen LogP contribution in [0.2, 0.25) is 0 Å². The Morgan fingerprint density at radius 1 is 1.68 bits per heavy atom. The summed E-state index contributed by atoms with van der Waals surface area (Å²) in [5.41, 5.74) is 3.52. The molecule has 5 N–H and O–H groups in total. The second kappa shape index (κ2) is 4.76. The number of hydrogen-bond donors (Lipinski definition) is 4. The van der Waals surface area contributed by atoms with Crippen LogP contribution in [0.15, 0.2) is 6.20 Å². The van der Waals surface area contributed by atoms with E-state index in [1.165, 1.54) is 6.92 Å². The molecule has 106 valence electrons. The minimum atomic E-state index is -1.75. The van der Waals surface area contributed by atoms with Crippen molar-refractivity contribution in [3.05, 3.63) is 16.8 Å². The van der Waals surface area contributed by atoms with Gasteiger partial charge in [0.05, 0.1) is 6.61 Å². The van der Waals surface area contributed by atoms with Gasteiger partial charge in [-0.05, 0) is 19.1 Å². The predicted octanol–water partition coefficient (Wildman–Crippen LogP) is -0.665. The minimum absolute atomic E-state index is 0.102. The van der Waals surface area contributed by atoms with Crippen molar-refractivity contribution in [2.75, 3.05) is 12.3 Å². The quantitative estimate of drug-likeness (QED) is 0.535. The Bertz CT molecular complexity index is 550. The van der Waals surface area contributed by atoms with Crippen LogP contribution < -0.4 is 5.73 Å². The third-order valence-electron chi connectivity index (χ3n) is 3.12. The highest BCUT2D eigenvalue weighted by Gasteiger charge is 2.53. The Labute approximate surface area is 113 Å². The number of nitrogens with two attached hydrogens (primary N) is 1. The van der Waals surface area contributed by atoms with Crippen LogP contribution >= 0.6 is 12.2 Å². The molecule has 1 fully saturated rings. The number of rotatable bonds is 2. The molecule has 1 aliphatic heterocycles. The van der Waals surface area contributed by atoms with Gasteiger partial charge in [0, 0.05) is 6.20 Å². The minimum Gasteiger partial charge on any atom is -0.394 e. The molecule has 1 unspecified atom stereocenters. The molecule has 0 saturated carbocycles. The van der Waals surface area contributed by atoms with Crippen LogP contribution in [-0.2, 0) is 4.74 Å². The summed E-state index contributed by atoms with van der Waals surface area (Å²) in [5.74, 6) is -1.19. The van der Waals surface area contributed by atoms with Crippen molar-refractivity contribution in [1.82, 2.24) is 9.55 Å². The van der Waals surface area contributed by atoms with Crippen molar-refractivity contribution in [2.24, 2.45) is 0 Å². The van der Waals surface area contributed by atoms with Gasteiger partial charge in [0.2, 0.25) is 4.77 Å². The highest BCUT2D eigenvalue weighted by Crippen LogP contribution is 2.38. The molecular weight excluding hydrogens is 277 g/mol. The van der Waals surface area contributed by atoms with E-state index in [1.807, 2.05) is 0 Å². The molecular formula is C10H14FN3O4S. The first-order valence-corrected chi connectivity index (χ1v) is 5.90. The van der Waals surface area contributed by atoms with Gasteiger partial charge >= 0.3 is 0 Å². The lowest BCUT2D eigenvalue weighted by Gasteiger charge is -2.28. The van der Waals surface area contributed by atoms with Gasteiger partial charge in [0.25, 0.3) is 0 Å². The molecule has 2 heterocycles. The normalized spacial score (nSPS) is 34.7. The predicted molar refractivity (Wildman–Crippen MR) is 65.1 cm³/mol. The number of ether oxygens (including phenoxy) is 1. The highest BCUT2D eigenvalue weighted by molar-refractivity contribution is 7.71. The van der Waals surface area contributed by atoms with E-state index in [1.54, 1.807) is 0 Å². The summed E-state index contributed by atoms with van der Waals surface area (Å²) in [6, 6.07) is 0. The topological polar surface area (TPSA) is 114 Å². The zero-order chi connectivity index (χ0) is 14.4. The summed E-state index contributed by atoms with van der Waals surface area (Å²) in [5, 5.41) is 29.1.